The molecule has 2 aliphatic rings. The molecule has 0 bridgehead atoms. The maximum atomic E-state index is 12.2. The molecule has 3 rings (SSSR count). The summed E-state index contributed by atoms with van der Waals surface area (Å²) in [6.07, 6.45) is 4.71. The second-order valence-electron chi connectivity index (χ2n) is 7.19. The van der Waals surface area contributed by atoms with E-state index in [2.05, 4.69) is 10.6 Å². The van der Waals surface area contributed by atoms with Crippen LogP contribution in [0.1, 0.15) is 32.1 Å². The first-order valence-electron chi connectivity index (χ1n) is 9.64. The van der Waals surface area contributed by atoms with Crippen LogP contribution >= 0.6 is 0 Å². The normalized spacial score (nSPS) is 19.7. The molecule has 7 heteroatoms. The Morgan fingerprint density at radius 1 is 1.07 bits per heavy atom. The molecule has 1 aromatic carbocycles. The molecule has 1 aliphatic carbocycles. The molecule has 0 spiro atoms. The maximum absolute atomic E-state index is 12.2. The maximum Gasteiger partial charge on any atom is 0.260 e. The molecule has 27 heavy (non-hydrogen) atoms. The molecule has 1 aliphatic heterocycles. The van der Waals surface area contributed by atoms with E-state index in [-0.39, 0.29) is 42.8 Å². The lowest BCUT2D eigenvalue weighted by Gasteiger charge is -2.18. The van der Waals surface area contributed by atoms with Gasteiger partial charge in [0.1, 0.15) is 5.75 Å². The number of para-hydroxylation sites is 1. The highest BCUT2D eigenvalue weighted by Gasteiger charge is 2.28. The Labute approximate surface area is 159 Å². The third kappa shape index (κ3) is 5.70. The third-order valence-electron chi connectivity index (χ3n) is 5.16. The van der Waals surface area contributed by atoms with E-state index in [4.69, 9.17) is 4.74 Å². The number of hydrogen-bond acceptors (Lipinski definition) is 4. The van der Waals surface area contributed by atoms with Gasteiger partial charge in [0.05, 0.1) is 6.54 Å². The van der Waals surface area contributed by atoms with Gasteiger partial charge in [-0.25, -0.2) is 0 Å². The van der Waals surface area contributed by atoms with E-state index >= 15 is 0 Å². The molecule has 0 aromatic heterocycles. The number of ether oxygens (including phenoxy) is 1. The summed E-state index contributed by atoms with van der Waals surface area (Å²) in [5.74, 6) is 0.394. The average molecular weight is 373 g/mol. The number of nitrogens with zero attached hydrogens (tertiary/aromatic N) is 1. The summed E-state index contributed by atoms with van der Waals surface area (Å²) in [7, 11) is 0. The molecule has 146 valence electrons. The third-order valence-corrected chi connectivity index (χ3v) is 5.16. The van der Waals surface area contributed by atoms with Crippen LogP contribution in [-0.2, 0) is 14.4 Å². The number of carbonyl (C=O) groups is 3. The minimum atomic E-state index is -0.207. The fraction of sp³-hybridized carbons (Fsp3) is 0.550. The molecule has 3 amide bonds. The number of nitrogens with one attached hydrogen (secondary N) is 2. The molecule has 2 fully saturated rings. The van der Waals surface area contributed by atoms with Gasteiger partial charge in [-0.2, -0.15) is 0 Å². The Bertz CT molecular complexity index is 658. The van der Waals surface area contributed by atoms with Gasteiger partial charge < -0.3 is 20.3 Å². The molecule has 1 heterocycles. The molecule has 2 N–H and O–H groups in total. The Morgan fingerprint density at radius 2 is 1.81 bits per heavy atom. The van der Waals surface area contributed by atoms with Crippen molar-refractivity contribution in [2.24, 2.45) is 5.92 Å². The molecule has 0 unspecified atom stereocenters. The van der Waals surface area contributed by atoms with Crippen LogP contribution in [0.3, 0.4) is 0 Å². The molecular formula is C20H27N3O4. The first-order chi connectivity index (χ1) is 13.1. The van der Waals surface area contributed by atoms with E-state index in [1.54, 1.807) is 17.0 Å². The summed E-state index contributed by atoms with van der Waals surface area (Å²) in [5.41, 5.74) is 0. The molecule has 0 radical (unpaired) electrons. The second kappa shape index (κ2) is 9.39. The fourth-order valence-electron chi connectivity index (χ4n) is 3.64. The van der Waals surface area contributed by atoms with Crippen molar-refractivity contribution in [2.45, 2.75) is 38.1 Å². The molecule has 1 atom stereocenters. The highest BCUT2D eigenvalue weighted by atomic mass is 16.5. The molecule has 7 nitrogen and oxygen atoms in total. The lowest BCUT2D eigenvalue weighted by molar-refractivity contribution is -0.132. The van der Waals surface area contributed by atoms with Gasteiger partial charge in [-0.3, -0.25) is 14.4 Å². The quantitative estimate of drug-likeness (QED) is 0.749. The highest BCUT2D eigenvalue weighted by molar-refractivity contribution is 5.86. The van der Waals surface area contributed by atoms with Gasteiger partial charge in [-0.1, -0.05) is 31.0 Å². The zero-order valence-electron chi connectivity index (χ0n) is 15.5. The first-order valence-corrected chi connectivity index (χ1v) is 9.64. The van der Waals surface area contributed by atoms with Crippen molar-refractivity contribution in [2.75, 3.05) is 26.2 Å². The van der Waals surface area contributed by atoms with E-state index in [0.717, 1.165) is 25.7 Å². The van der Waals surface area contributed by atoms with Crippen LogP contribution in [0.4, 0.5) is 0 Å². The van der Waals surface area contributed by atoms with Crippen molar-refractivity contribution >= 4 is 17.7 Å². The number of benzene rings is 1. The van der Waals surface area contributed by atoms with E-state index < -0.39 is 0 Å². The topological polar surface area (TPSA) is 87.7 Å². The number of hydrogen-bond donors (Lipinski definition) is 2. The van der Waals surface area contributed by atoms with Crippen LogP contribution in [0.25, 0.3) is 0 Å². The van der Waals surface area contributed by atoms with Crippen molar-refractivity contribution in [1.29, 1.82) is 0 Å². The van der Waals surface area contributed by atoms with Gasteiger partial charge in [0.15, 0.2) is 6.61 Å². The zero-order chi connectivity index (χ0) is 19.1. The van der Waals surface area contributed by atoms with Crippen LogP contribution < -0.4 is 15.4 Å². The fourth-order valence-corrected chi connectivity index (χ4v) is 3.64. The molecule has 1 saturated heterocycles. The summed E-state index contributed by atoms with van der Waals surface area (Å²) < 4.78 is 5.48. The average Bonchev–Trinajstić information content (AvgIpc) is 3.37. The minimum Gasteiger partial charge on any atom is -0.484 e. The number of likely N-dealkylation sites (tertiary alicyclic amines) is 1. The van der Waals surface area contributed by atoms with Crippen LogP contribution in [0.2, 0.25) is 0 Å². The van der Waals surface area contributed by atoms with Crippen molar-refractivity contribution in [1.82, 2.24) is 15.5 Å². The largest absolute Gasteiger partial charge is 0.484 e. The van der Waals surface area contributed by atoms with Gasteiger partial charge in [-0.15, -0.1) is 0 Å². The summed E-state index contributed by atoms with van der Waals surface area (Å²) in [6.45, 7) is 1.05. The predicted octanol–water partition coefficient (Wildman–Crippen LogP) is 1.09. The summed E-state index contributed by atoms with van der Waals surface area (Å²) in [4.78, 5) is 38.0. The van der Waals surface area contributed by atoms with Gasteiger partial charge in [0.25, 0.3) is 5.91 Å². The van der Waals surface area contributed by atoms with Crippen LogP contribution in [-0.4, -0.2) is 54.9 Å². The molecule has 1 saturated carbocycles. The summed E-state index contributed by atoms with van der Waals surface area (Å²) in [5, 5.41) is 5.61. The van der Waals surface area contributed by atoms with E-state index in [1.165, 1.54) is 0 Å². The van der Waals surface area contributed by atoms with Gasteiger partial charge in [0.2, 0.25) is 11.8 Å². The van der Waals surface area contributed by atoms with Crippen LogP contribution in [0.15, 0.2) is 30.3 Å². The van der Waals surface area contributed by atoms with Gasteiger partial charge >= 0.3 is 0 Å². The van der Waals surface area contributed by atoms with Crippen molar-refractivity contribution in [3.8, 4) is 5.75 Å². The number of amides is 3. The Kier molecular flexibility index (Phi) is 6.68. The lowest BCUT2D eigenvalue weighted by atomic mass is 10.1. The van der Waals surface area contributed by atoms with E-state index in [0.29, 0.717) is 25.3 Å². The smallest absolute Gasteiger partial charge is 0.260 e. The van der Waals surface area contributed by atoms with E-state index in [9.17, 15) is 14.4 Å². The lowest BCUT2D eigenvalue weighted by Crippen LogP contribution is -2.44. The molecule has 1 aromatic rings. The van der Waals surface area contributed by atoms with E-state index in [1.807, 2.05) is 18.2 Å². The van der Waals surface area contributed by atoms with Crippen molar-refractivity contribution < 1.29 is 19.1 Å². The SMILES string of the molecule is O=C(CNC(=O)C1CCCC1)N[C@H]1CCN(C(=O)COc2ccccc2)C1. The van der Waals surface area contributed by atoms with Crippen LogP contribution in [0, 0.1) is 5.92 Å². The first kappa shape index (κ1) is 19.2. The molecular weight excluding hydrogens is 346 g/mol. The summed E-state index contributed by atoms with van der Waals surface area (Å²) in [6, 6.07) is 9.12. The second-order valence-corrected chi connectivity index (χ2v) is 7.19. The Balaban J connectivity index is 1.34. The number of rotatable bonds is 7. The van der Waals surface area contributed by atoms with Crippen molar-refractivity contribution in [3.63, 3.8) is 0 Å². The Hall–Kier alpha value is -2.57. The van der Waals surface area contributed by atoms with Crippen molar-refractivity contribution in [3.05, 3.63) is 30.3 Å². The van der Waals surface area contributed by atoms with Gasteiger partial charge in [-0.05, 0) is 31.4 Å². The minimum absolute atomic E-state index is 0.00308. The zero-order valence-corrected chi connectivity index (χ0v) is 15.5. The monoisotopic (exact) mass is 373 g/mol. The number of carbonyl (C=O) groups excluding carboxylic acids is 3. The highest BCUT2D eigenvalue weighted by Crippen LogP contribution is 2.24. The predicted molar refractivity (Wildman–Crippen MR) is 100 cm³/mol. The Morgan fingerprint density at radius 3 is 2.56 bits per heavy atom. The van der Waals surface area contributed by atoms with Crippen LogP contribution in [0.5, 0.6) is 5.75 Å². The standard InChI is InChI=1S/C20H27N3O4/c24-18(12-21-20(26)15-6-4-5-7-15)22-16-10-11-23(13-16)19(25)14-27-17-8-2-1-3-9-17/h1-3,8-9,15-16H,4-7,10-14H2,(H,21,26)(H,22,24)/t16-/m0/s1. The van der Waals surface area contributed by atoms with Gasteiger partial charge in [0, 0.05) is 25.0 Å². The summed E-state index contributed by atoms with van der Waals surface area (Å²) >= 11 is 0.